The van der Waals surface area contributed by atoms with Gasteiger partial charge in [0.2, 0.25) is 5.91 Å². The molecule has 3 nitrogen and oxygen atoms in total. The Hall–Kier alpha value is -0.870. The number of aryl methyl sites for hydroxylation is 3. The molecule has 1 aromatic heterocycles. The average molecular weight is 266 g/mol. The fourth-order valence-corrected chi connectivity index (χ4v) is 3.42. The zero-order valence-electron chi connectivity index (χ0n) is 11.2. The molecule has 4 heteroatoms. The van der Waals surface area contributed by atoms with Crippen LogP contribution in [0.2, 0.25) is 0 Å². The van der Waals surface area contributed by atoms with Gasteiger partial charge in [0.05, 0.1) is 0 Å². The SMILES string of the molecule is Cc1cc(CCCC(=O)NC2CCNC2)c(C)s1. The first-order valence-corrected chi connectivity index (χ1v) is 7.53. The maximum Gasteiger partial charge on any atom is 0.220 e. The summed E-state index contributed by atoms with van der Waals surface area (Å²) in [5.74, 6) is 0.202. The Morgan fingerprint density at radius 1 is 1.56 bits per heavy atom. The number of hydrogen-bond donors (Lipinski definition) is 2. The van der Waals surface area contributed by atoms with Crippen LogP contribution in [-0.2, 0) is 11.2 Å². The molecule has 0 aromatic carbocycles. The second kappa shape index (κ2) is 6.34. The van der Waals surface area contributed by atoms with Crippen LogP contribution < -0.4 is 10.6 Å². The van der Waals surface area contributed by atoms with E-state index in [9.17, 15) is 4.79 Å². The van der Waals surface area contributed by atoms with Crippen molar-refractivity contribution in [3.05, 3.63) is 21.4 Å². The molecule has 1 amide bonds. The molecule has 18 heavy (non-hydrogen) atoms. The summed E-state index contributed by atoms with van der Waals surface area (Å²) < 4.78 is 0. The molecule has 0 spiro atoms. The zero-order valence-corrected chi connectivity index (χ0v) is 12.0. The Bertz CT molecular complexity index is 408. The molecule has 2 rings (SSSR count). The van der Waals surface area contributed by atoms with Crippen molar-refractivity contribution in [3.63, 3.8) is 0 Å². The number of rotatable bonds is 5. The average Bonchev–Trinajstić information content (AvgIpc) is 2.89. The highest BCUT2D eigenvalue weighted by molar-refractivity contribution is 7.12. The third kappa shape index (κ3) is 3.82. The Labute approximate surface area is 113 Å². The molecule has 0 aliphatic carbocycles. The molecule has 0 saturated carbocycles. The van der Waals surface area contributed by atoms with Gasteiger partial charge in [0.15, 0.2) is 0 Å². The topological polar surface area (TPSA) is 41.1 Å². The molecule has 2 heterocycles. The standard InChI is InChI=1S/C14H22N2OS/c1-10-8-12(11(2)18-10)4-3-5-14(17)16-13-6-7-15-9-13/h8,13,15H,3-7,9H2,1-2H3,(H,16,17). The number of carbonyl (C=O) groups is 1. The first-order chi connectivity index (χ1) is 8.65. The van der Waals surface area contributed by atoms with Gasteiger partial charge >= 0.3 is 0 Å². The van der Waals surface area contributed by atoms with Gasteiger partial charge in [-0.15, -0.1) is 11.3 Å². The highest BCUT2D eigenvalue weighted by Gasteiger charge is 2.16. The molecule has 1 atom stereocenters. The van der Waals surface area contributed by atoms with E-state index in [0.717, 1.165) is 32.4 Å². The summed E-state index contributed by atoms with van der Waals surface area (Å²) in [5.41, 5.74) is 1.41. The Morgan fingerprint density at radius 3 is 3.00 bits per heavy atom. The van der Waals surface area contributed by atoms with E-state index in [1.165, 1.54) is 15.3 Å². The molecular weight excluding hydrogens is 244 g/mol. The molecule has 0 radical (unpaired) electrons. The minimum absolute atomic E-state index is 0.202. The zero-order chi connectivity index (χ0) is 13.0. The van der Waals surface area contributed by atoms with E-state index in [0.29, 0.717) is 12.5 Å². The first-order valence-electron chi connectivity index (χ1n) is 6.71. The van der Waals surface area contributed by atoms with E-state index in [1.54, 1.807) is 0 Å². The number of amides is 1. The quantitative estimate of drug-likeness (QED) is 0.857. The van der Waals surface area contributed by atoms with Crippen LogP contribution >= 0.6 is 11.3 Å². The van der Waals surface area contributed by atoms with Crippen LogP contribution in [0.5, 0.6) is 0 Å². The van der Waals surface area contributed by atoms with E-state index in [2.05, 4.69) is 30.5 Å². The molecule has 1 aliphatic rings. The minimum Gasteiger partial charge on any atom is -0.352 e. The number of hydrogen-bond acceptors (Lipinski definition) is 3. The van der Waals surface area contributed by atoms with Crippen LogP contribution in [0.25, 0.3) is 0 Å². The van der Waals surface area contributed by atoms with Crippen molar-refractivity contribution < 1.29 is 4.79 Å². The molecular formula is C14H22N2OS. The predicted octanol–water partition coefficient (Wildman–Crippen LogP) is 2.17. The van der Waals surface area contributed by atoms with Crippen molar-refractivity contribution >= 4 is 17.2 Å². The lowest BCUT2D eigenvalue weighted by atomic mass is 10.1. The van der Waals surface area contributed by atoms with Gasteiger partial charge < -0.3 is 10.6 Å². The summed E-state index contributed by atoms with van der Waals surface area (Å²) in [5, 5.41) is 6.34. The van der Waals surface area contributed by atoms with Crippen LogP contribution in [0.15, 0.2) is 6.07 Å². The Balaban J connectivity index is 1.68. The van der Waals surface area contributed by atoms with Gasteiger partial charge in [0.25, 0.3) is 0 Å². The second-order valence-corrected chi connectivity index (χ2v) is 6.51. The van der Waals surface area contributed by atoms with Crippen molar-refractivity contribution in [2.24, 2.45) is 0 Å². The van der Waals surface area contributed by atoms with Crippen molar-refractivity contribution in [3.8, 4) is 0 Å². The van der Waals surface area contributed by atoms with Gasteiger partial charge in [0, 0.05) is 28.8 Å². The van der Waals surface area contributed by atoms with Crippen molar-refractivity contribution in [2.75, 3.05) is 13.1 Å². The van der Waals surface area contributed by atoms with E-state index >= 15 is 0 Å². The van der Waals surface area contributed by atoms with Crippen molar-refractivity contribution in [2.45, 2.75) is 45.6 Å². The minimum atomic E-state index is 0.202. The third-order valence-corrected chi connectivity index (χ3v) is 4.43. The highest BCUT2D eigenvalue weighted by atomic mass is 32.1. The van der Waals surface area contributed by atoms with Gasteiger partial charge in [-0.1, -0.05) is 0 Å². The molecule has 1 fully saturated rings. The summed E-state index contributed by atoms with van der Waals surface area (Å²) >= 11 is 1.85. The highest BCUT2D eigenvalue weighted by Crippen LogP contribution is 2.22. The van der Waals surface area contributed by atoms with E-state index in [4.69, 9.17) is 0 Å². The number of nitrogens with one attached hydrogen (secondary N) is 2. The molecule has 1 aromatic rings. The third-order valence-electron chi connectivity index (χ3n) is 3.42. The van der Waals surface area contributed by atoms with Gasteiger partial charge in [-0.2, -0.15) is 0 Å². The first kappa shape index (κ1) is 13.6. The van der Waals surface area contributed by atoms with Crippen LogP contribution in [0.3, 0.4) is 0 Å². The van der Waals surface area contributed by atoms with Gasteiger partial charge in [-0.3, -0.25) is 4.79 Å². The van der Waals surface area contributed by atoms with Crippen molar-refractivity contribution in [1.29, 1.82) is 0 Å². The van der Waals surface area contributed by atoms with E-state index in [1.807, 2.05) is 11.3 Å². The normalized spacial score (nSPS) is 19.1. The Morgan fingerprint density at radius 2 is 2.39 bits per heavy atom. The smallest absolute Gasteiger partial charge is 0.220 e. The summed E-state index contributed by atoms with van der Waals surface area (Å²) in [6, 6.07) is 2.60. The van der Waals surface area contributed by atoms with Crippen molar-refractivity contribution in [1.82, 2.24) is 10.6 Å². The molecule has 1 saturated heterocycles. The summed E-state index contributed by atoms with van der Waals surface area (Å²) in [6.07, 6.45) is 3.68. The second-order valence-electron chi connectivity index (χ2n) is 5.05. The van der Waals surface area contributed by atoms with Crippen LogP contribution in [0.4, 0.5) is 0 Å². The van der Waals surface area contributed by atoms with E-state index in [-0.39, 0.29) is 5.91 Å². The maximum absolute atomic E-state index is 11.7. The molecule has 1 aliphatic heterocycles. The lowest BCUT2D eigenvalue weighted by molar-refractivity contribution is -0.121. The van der Waals surface area contributed by atoms with Crippen LogP contribution in [0, 0.1) is 13.8 Å². The maximum atomic E-state index is 11.7. The summed E-state index contributed by atoms with van der Waals surface area (Å²) in [7, 11) is 0. The van der Waals surface area contributed by atoms with E-state index < -0.39 is 0 Å². The fraction of sp³-hybridized carbons (Fsp3) is 0.643. The summed E-state index contributed by atoms with van der Waals surface area (Å²) in [4.78, 5) is 14.5. The Kier molecular flexibility index (Phi) is 4.78. The van der Waals surface area contributed by atoms with Crippen LogP contribution in [0.1, 0.15) is 34.6 Å². The monoisotopic (exact) mass is 266 g/mol. The number of carbonyl (C=O) groups excluding carboxylic acids is 1. The van der Waals surface area contributed by atoms with Crippen LogP contribution in [-0.4, -0.2) is 25.0 Å². The number of thiophene rings is 1. The largest absolute Gasteiger partial charge is 0.352 e. The molecule has 2 N–H and O–H groups in total. The lowest BCUT2D eigenvalue weighted by Gasteiger charge is -2.10. The lowest BCUT2D eigenvalue weighted by Crippen LogP contribution is -2.36. The van der Waals surface area contributed by atoms with Gasteiger partial charge in [-0.05, 0) is 51.3 Å². The van der Waals surface area contributed by atoms with Gasteiger partial charge in [-0.25, -0.2) is 0 Å². The van der Waals surface area contributed by atoms with Gasteiger partial charge in [0.1, 0.15) is 0 Å². The fourth-order valence-electron chi connectivity index (χ4n) is 2.45. The predicted molar refractivity (Wildman–Crippen MR) is 76.1 cm³/mol. The molecule has 1 unspecified atom stereocenters. The summed E-state index contributed by atoms with van der Waals surface area (Å²) in [6.45, 7) is 6.26. The molecule has 0 bridgehead atoms. The molecule has 100 valence electrons.